The molecule has 0 spiro atoms. The summed E-state index contributed by atoms with van der Waals surface area (Å²) < 4.78 is 5.18. The number of halogens is 1. The van der Waals surface area contributed by atoms with E-state index in [0.717, 1.165) is 23.4 Å². The zero-order valence-electron chi connectivity index (χ0n) is 12.0. The SMILES string of the molecule is COc1ccc(CC(CBr)CCC(C)(C)C)cc1. The molecule has 0 aliphatic carbocycles. The summed E-state index contributed by atoms with van der Waals surface area (Å²) in [6.45, 7) is 6.93. The molecule has 102 valence electrons. The smallest absolute Gasteiger partial charge is 0.118 e. The highest BCUT2D eigenvalue weighted by atomic mass is 79.9. The van der Waals surface area contributed by atoms with Crippen LogP contribution in [-0.4, -0.2) is 12.4 Å². The minimum absolute atomic E-state index is 0.431. The summed E-state index contributed by atoms with van der Waals surface area (Å²) in [5.74, 6) is 1.65. The molecule has 0 aliphatic rings. The molecule has 0 fully saturated rings. The van der Waals surface area contributed by atoms with Gasteiger partial charge in [0.2, 0.25) is 0 Å². The number of methoxy groups -OCH3 is 1. The number of benzene rings is 1. The second kappa shape index (κ2) is 7.18. The lowest BCUT2D eigenvalue weighted by atomic mass is 9.85. The van der Waals surface area contributed by atoms with Gasteiger partial charge in [-0.3, -0.25) is 0 Å². The summed E-state index contributed by atoms with van der Waals surface area (Å²) in [4.78, 5) is 0. The topological polar surface area (TPSA) is 9.23 Å². The molecular formula is C16H25BrO. The number of hydrogen-bond acceptors (Lipinski definition) is 1. The van der Waals surface area contributed by atoms with Gasteiger partial charge in [-0.25, -0.2) is 0 Å². The zero-order chi connectivity index (χ0) is 13.6. The number of alkyl halides is 1. The van der Waals surface area contributed by atoms with Crippen molar-refractivity contribution >= 4 is 15.9 Å². The van der Waals surface area contributed by atoms with E-state index < -0.39 is 0 Å². The first-order valence-corrected chi connectivity index (χ1v) is 7.75. The highest BCUT2D eigenvalue weighted by Gasteiger charge is 2.15. The van der Waals surface area contributed by atoms with E-state index in [1.54, 1.807) is 7.11 Å². The Bertz CT molecular complexity index is 337. The second-order valence-electron chi connectivity index (χ2n) is 6.17. The van der Waals surface area contributed by atoms with E-state index in [1.165, 1.54) is 18.4 Å². The largest absolute Gasteiger partial charge is 0.497 e. The van der Waals surface area contributed by atoms with Crippen molar-refractivity contribution in [3.05, 3.63) is 29.8 Å². The Morgan fingerprint density at radius 2 is 1.78 bits per heavy atom. The maximum absolute atomic E-state index is 5.18. The summed E-state index contributed by atoms with van der Waals surface area (Å²) in [5.41, 5.74) is 1.83. The highest BCUT2D eigenvalue weighted by Crippen LogP contribution is 2.26. The molecule has 2 heteroatoms. The summed E-state index contributed by atoms with van der Waals surface area (Å²) in [7, 11) is 1.71. The first-order valence-electron chi connectivity index (χ1n) is 6.63. The van der Waals surface area contributed by atoms with Crippen LogP contribution in [0.15, 0.2) is 24.3 Å². The van der Waals surface area contributed by atoms with Gasteiger partial charge in [0.1, 0.15) is 5.75 Å². The van der Waals surface area contributed by atoms with Gasteiger partial charge in [0.05, 0.1) is 7.11 Å². The third kappa shape index (κ3) is 5.90. The maximum Gasteiger partial charge on any atom is 0.118 e. The van der Waals surface area contributed by atoms with E-state index >= 15 is 0 Å². The monoisotopic (exact) mass is 312 g/mol. The van der Waals surface area contributed by atoms with Crippen molar-refractivity contribution in [3.63, 3.8) is 0 Å². The van der Waals surface area contributed by atoms with Crippen LogP contribution in [0.4, 0.5) is 0 Å². The molecule has 0 N–H and O–H groups in total. The fourth-order valence-corrected chi connectivity index (χ4v) is 2.52. The van der Waals surface area contributed by atoms with Crippen molar-refractivity contribution in [2.75, 3.05) is 12.4 Å². The van der Waals surface area contributed by atoms with Crippen LogP contribution in [-0.2, 0) is 6.42 Å². The van der Waals surface area contributed by atoms with Gasteiger partial charge >= 0.3 is 0 Å². The van der Waals surface area contributed by atoms with Gasteiger partial charge in [-0.05, 0) is 48.3 Å². The fourth-order valence-electron chi connectivity index (χ4n) is 1.97. The van der Waals surface area contributed by atoms with Crippen molar-refractivity contribution in [2.24, 2.45) is 11.3 Å². The first kappa shape index (κ1) is 15.6. The summed E-state index contributed by atoms with van der Waals surface area (Å²) in [6, 6.07) is 8.44. The molecule has 1 aromatic rings. The van der Waals surface area contributed by atoms with Gasteiger partial charge in [0.15, 0.2) is 0 Å². The normalized spacial score (nSPS) is 13.4. The summed E-state index contributed by atoms with van der Waals surface area (Å²) in [5, 5.41) is 1.08. The molecule has 0 amide bonds. The Morgan fingerprint density at radius 1 is 1.17 bits per heavy atom. The lowest BCUT2D eigenvalue weighted by Crippen LogP contribution is -2.12. The lowest BCUT2D eigenvalue weighted by Gasteiger charge is -2.22. The molecule has 1 rings (SSSR count). The minimum Gasteiger partial charge on any atom is -0.497 e. The molecule has 0 saturated heterocycles. The molecule has 1 atom stereocenters. The predicted molar refractivity (Wildman–Crippen MR) is 82.7 cm³/mol. The molecule has 0 bridgehead atoms. The van der Waals surface area contributed by atoms with E-state index in [2.05, 4.69) is 48.8 Å². The molecule has 18 heavy (non-hydrogen) atoms. The van der Waals surface area contributed by atoms with Gasteiger partial charge in [0, 0.05) is 5.33 Å². The van der Waals surface area contributed by atoms with Gasteiger partial charge in [-0.15, -0.1) is 0 Å². The summed E-state index contributed by atoms with van der Waals surface area (Å²) >= 11 is 3.64. The van der Waals surface area contributed by atoms with E-state index in [0.29, 0.717) is 5.41 Å². The summed E-state index contributed by atoms with van der Waals surface area (Å²) in [6.07, 6.45) is 3.70. The van der Waals surface area contributed by atoms with E-state index in [9.17, 15) is 0 Å². The van der Waals surface area contributed by atoms with Crippen molar-refractivity contribution in [2.45, 2.75) is 40.0 Å². The van der Waals surface area contributed by atoms with Crippen LogP contribution < -0.4 is 4.74 Å². The Morgan fingerprint density at radius 3 is 2.22 bits per heavy atom. The Balaban J connectivity index is 2.51. The number of rotatable bonds is 6. The van der Waals surface area contributed by atoms with Gasteiger partial charge in [-0.1, -0.05) is 48.8 Å². The van der Waals surface area contributed by atoms with Crippen LogP contribution in [0.2, 0.25) is 0 Å². The van der Waals surface area contributed by atoms with Crippen molar-refractivity contribution in [1.82, 2.24) is 0 Å². The van der Waals surface area contributed by atoms with Gasteiger partial charge in [-0.2, -0.15) is 0 Å². The van der Waals surface area contributed by atoms with E-state index in [4.69, 9.17) is 4.74 Å². The Labute approximate surface area is 120 Å². The predicted octanol–water partition coefficient (Wildman–Crippen LogP) is 5.08. The Kier molecular flexibility index (Phi) is 6.20. The van der Waals surface area contributed by atoms with Crippen molar-refractivity contribution < 1.29 is 4.74 Å². The number of hydrogen-bond donors (Lipinski definition) is 0. The van der Waals surface area contributed by atoms with Gasteiger partial charge in [0.25, 0.3) is 0 Å². The standard InChI is InChI=1S/C16H25BrO/c1-16(2,3)10-9-14(12-17)11-13-5-7-15(18-4)8-6-13/h5-8,14H,9-12H2,1-4H3. The molecule has 0 aromatic heterocycles. The fraction of sp³-hybridized carbons (Fsp3) is 0.625. The highest BCUT2D eigenvalue weighted by molar-refractivity contribution is 9.09. The molecule has 0 heterocycles. The maximum atomic E-state index is 5.18. The molecule has 0 radical (unpaired) electrons. The van der Waals surface area contributed by atoms with E-state index in [-0.39, 0.29) is 0 Å². The molecule has 1 unspecified atom stereocenters. The lowest BCUT2D eigenvalue weighted by molar-refractivity contribution is 0.332. The molecule has 0 aliphatic heterocycles. The minimum atomic E-state index is 0.431. The third-order valence-electron chi connectivity index (χ3n) is 3.20. The molecular weight excluding hydrogens is 288 g/mol. The molecule has 1 nitrogen and oxygen atoms in total. The van der Waals surface area contributed by atoms with Crippen molar-refractivity contribution in [3.8, 4) is 5.75 Å². The average Bonchev–Trinajstić information content (AvgIpc) is 2.34. The first-order chi connectivity index (χ1) is 8.44. The van der Waals surface area contributed by atoms with Crippen LogP contribution in [0.25, 0.3) is 0 Å². The van der Waals surface area contributed by atoms with Crippen LogP contribution in [0.3, 0.4) is 0 Å². The zero-order valence-corrected chi connectivity index (χ0v) is 13.6. The van der Waals surface area contributed by atoms with Crippen LogP contribution >= 0.6 is 15.9 Å². The van der Waals surface area contributed by atoms with Crippen molar-refractivity contribution in [1.29, 1.82) is 0 Å². The number of ether oxygens (including phenoxy) is 1. The Hall–Kier alpha value is -0.500. The molecule has 1 aromatic carbocycles. The quantitative estimate of drug-likeness (QED) is 0.666. The van der Waals surface area contributed by atoms with Crippen LogP contribution in [0, 0.1) is 11.3 Å². The van der Waals surface area contributed by atoms with Gasteiger partial charge < -0.3 is 4.74 Å². The van der Waals surface area contributed by atoms with Crippen LogP contribution in [0.5, 0.6) is 5.75 Å². The van der Waals surface area contributed by atoms with E-state index in [1.807, 2.05) is 12.1 Å². The second-order valence-corrected chi connectivity index (χ2v) is 6.82. The average molecular weight is 313 g/mol. The third-order valence-corrected chi connectivity index (χ3v) is 4.12. The van der Waals surface area contributed by atoms with Crippen LogP contribution in [0.1, 0.15) is 39.2 Å². The molecule has 0 saturated carbocycles.